The Morgan fingerprint density at radius 2 is 1.77 bits per heavy atom. The van der Waals surface area contributed by atoms with Crippen molar-refractivity contribution < 1.29 is 33.5 Å². The minimum atomic E-state index is -2.21. The van der Waals surface area contributed by atoms with Gasteiger partial charge in [-0.15, -0.1) is 0 Å². The van der Waals surface area contributed by atoms with Gasteiger partial charge in [0.1, 0.15) is 11.5 Å². The molecule has 0 aromatic heterocycles. The summed E-state index contributed by atoms with van der Waals surface area (Å²) in [5.74, 6) is -3.31. The van der Waals surface area contributed by atoms with Crippen LogP contribution in [0.15, 0.2) is 18.2 Å². The first-order valence-corrected chi connectivity index (χ1v) is 8.09. The number of ether oxygens (including phenoxy) is 3. The molecule has 9 nitrogen and oxygen atoms in total. The summed E-state index contributed by atoms with van der Waals surface area (Å²) in [7, 11) is 0. The molecule has 9 heteroatoms. The first-order valence-electron chi connectivity index (χ1n) is 8.09. The molecule has 0 saturated carbocycles. The number of Topliss-reactive ketones (excluding diaryl/α,β-unsaturated/α-hetero) is 1. The molecule has 1 aromatic carbocycles. The number of carbonyl (C=O) groups is 3. The number of hydrogen-bond acceptors (Lipinski definition) is 8. The van der Waals surface area contributed by atoms with E-state index in [9.17, 15) is 24.5 Å². The summed E-state index contributed by atoms with van der Waals surface area (Å²) >= 11 is 0. The fourth-order valence-electron chi connectivity index (χ4n) is 2.95. The first-order chi connectivity index (χ1) is 12.3. The molecule has 26 heavy (non-hydrogen) atoms. The maximum atomic E-state index is 12.7. The fraction of sp³-hybridized carbons (Fsp3) is 0.471. The van der Waals surface area contributed by atoms with Crippen molar-refractivity contribution in [1.29, 1.82) is 0 Å². The molecule has 0 spiro atoms. The van der Waals surface area contributed by atoms with Crippen molar-refractivity contribution in [2.24, 2.45) is 0 Å². The smallest absolute Gasteiger partial charge is 0.363 e. The number of non-ortho nitro benzene ring substituents is 1. The zero-order chi connectivity index (χ0) is 19.5. The van der Waals surface area contributed by atoms with Crippen LogP contribution in [0.2, 0.25) is 0 Å². The van der Waals surface area contributed by atoms with E-state index in [2.05, 4.69) is 0 Å². The predicted molar refractivity (Wildman–Crippen MR) is 87.8 cm³/mol. The Hall–Kier alpha value is -2.97. The minimum Gasteiger partial charge on any atom is -0.463 e. The van der Waals surface area contributed by atoms with Crippen molar-refractivity contribution in [3.05, 3.63) is 33.9 Å². The highest BCUT2D eigenvalue weighted by molar-refractivity contribution is 6.07. The highest BCUT2D eigenvalue weighted by Gasteiger charge is 2.63. The second-order valence-corrected chi connectivity index (χ2v) is 5.72. The largest absolute Gasteiger partial charge is 0.463 e. The molecule has 1 aliphatic heterocycles. The number of carbonyl (C=O) groups excluding carboxylic acids is 3. The first kappa shape index (κ1) is 19.4. The zero-order valence-corrected chi connectivity index (χ0v) is 14.6. The van der Waals surface area contributed by atoms with Gasteiger partial charge in [0.25, 0.3) is 5.69 Å². The summed E-state index contributed by atoms with van der Waals surface area (Å²) in [5, 5.41) is 11.1. The molecule has 2 rings (SSSR count). The van der Waals surface area contributed by atoms with Crippen LogP contribution in [0.1, 0.15) is 38.7 Å². The van der Waals surface area contributed by atoms with Crippen LogP contribution in [0, 0.1) is 10.1 Å². The van der Waals surface area contributed by atoms with Crippen LogP contribution in [0.25, 0.3) is 0 Å². The number of esters is 2. The SMILES string of the molecule is CCOC(=O)C1(C(=O)OCC)Oc2ccc([N+](=O)[O-])cc2C1CC(C)=O. The average molecular weight is 365 g/mol. The molecule has 1 aliphatic rings. The number of nitro groups is 1. The molecule has 0 N–H and O–H groups in total. The van der Waals surface area contributed by atoms with Crippen LogP contribution in [0.4, 0.5) is 5.69 Å². The molecular formula is C17H19NO8. The Labute approximate surface area is 149 Å². The standard InChI is InChI=1S/C17H19NO8/c1-4-24-15(20)17(16(21)25-5-2)13(8-10(3)19)12-9-11(18(22)23)6-7-14(12)26-17/h6-7,9,13H,4-5,8H2,1-3H3. The van der Waals surface area contributed by atoms with Gasteiger partial charge in [0.15, 0.2) is 0 Å². The predicted octanol–water partition coefficient (Wildman–Crippen LogP) is 1.91. The molecule has 1 heterocycles. The van der Waals surface area contributed by atoms with E-state index in [0.29, 0.717) is 0 Å². The molecule has 0 saturated heterocycles. The van der Waals surface area contributed by atoms with Crippen LogP contribution in [-0.2, 0) is 23.9 Å². The Kier molecular flexibility index (Phi) is 5.59. The van der Waals surface area contributed by atoms with E-state index in [1.54, 1.807) is 13.8 Å². The summed E-state index contributed by atoms with van der Waals surface area (Å²) in [4.78, 5) is 47.6. The number of benzene rings is 1. The van der Waals surface area contributed by atoms with E-state index in [1.165, 1.54) is 25.1 Å². The summed E-state index contributed by atoms with van der Waals surface area (Å²) in [5.41, 5.74) is -2.24. The van der Waals surface area contributed by atoms with Gasteiger partial charge in [0.2, 0.25) is 0 Å². The number of nitrogens with zero attached hydrogens (tertiary/aromatic N) is 1. The van der Waals surface area contributed by atoms with Crippen molar-refractivity contribution in [3.8, 4) is 5.75 Å². The molecule has 1 aromatic rings. The van der Waals surface area contributed by atoms with Crippen LogP contribution in [0.5, 0.6) is 5.75 Å². The lowest BCUT2D eigenvalue weighted by Crippen LogP contribution is -2.55. The van der Waals surface area contributed by atoms with Gasteiger partial charge in [-0.2, -0.15) is 0 Å². The molecule has 0 fully saturated rings. The lowest BCUT2D eigenvalue weighted by molar-refractivity contribution is -0.384. The summed E-state index contributed by atoms with van der Waals surface area (Å²) in [6.45, 7) is 4.36. The maximum absolute atomic E-state index is 12.7. The van der Waals surface area contributed by atoms with Crippen molar-refractivity contribution in [2.75, 3.05) is 13.2 Å². The van der Waals surface area contributed by atoms with Gasteiger partial charge < -0.3 is 19.0 Å². The highest BCUT2D eigenvalue weighted by atomic mass is 16.6. The van der Waals surface area contributed by atoms with Crippen molar-refractivity contribution in [2.45, 2.75) is 38.7 Å². The molecule has 0 aliphatic carbocycles. The number of rotatable bonds is 7. The third-order valence-electron chi connectivity index (χ3n) is 3.99. The lowest BCUT2D eigenvalue weighted by Gasteiger charge is -2.29. The van der Waals surface area contributed by atoms with E-state index in [4.69, 9.17) is 14.2 Å². The summed E-state index contributed by atoms with van der Waals surface area (Å²) in [6.07, 6.45) is -0.244. The van der Waals surface area contributed by atoms with Gasteiger partial charge in [-0.25, -0.2) is 9.59 Å². The van der Waals surface area contributed by atoms with E-state index in [-0.39, 0.29) is 42.4 Å². The molecule has 0 radical (unpaired) electrons. The van der Waals surface area contributed by atoms with Crippen molar-refractivity contribution in [1.82, 2.24) is 0 Å². The maximum Gasteiger partial charge on any atom is 0.363 e. The normalized spacial score (nSPS) is 17.0. The van der Waals surface area contributed by atoms with Crippen molar-refractivity contribution in [3.63, 3.8) is 0 Å². The molecule has 140 valence electrons. The van der Waals surface area contributed by atoms with Crippen LogP contribution < -0.4 is 4.74 Å². The number of fused-ring (bicyclic) bond motifs is 1. The van der Waals surface area contributed by atoms with Gasteiger partial charge in [-0.05, 0) is 26.8 Å². The summed E-state index contributed by atoms with van der Waals surface area (Å²) < 4.78 is 15.7. The Morgan fingerprint density at radius 1 is 1.19 bits per heavy atom. The summed E-state index contributed by atoms with van der Waals surface area (Å²) in [6, 6.07) is 3.68. The molecule has 0 amide bonds. The number of nitro benzene ring substituents is 1. The van der Waals surface area contributed by atoms with Gasteiger partial charge in [-0.3, -0.25) is 10.1 Å². The quantitative estimate of drug-likeness (QED) is 0.311. The van der Waals surface area contributed by atoms with Crippen LogP contribution in [0.3, 0.4) is 0 Å². The third kappa shape index (κ3) is 3.24. The average Bonchev–Trinajstić information content (AvgIpc) is 2.89. The Balaban J connectivity index is 2.65. The van der Waals surface area contributed by atoms with Gasteiger partial charge in [0, 0.05) is 24.1 Å². The van der Waals surface area contributed by atoms with Gasteiger partial charge >= 0.3 is 17.5 Å². The fourth-order valence-corrected chi connectivity index (χ4v) is 2.95. The van der Waals surface area contributed by atoms with E-state index < -0.39 is 28.4 Å². The Morgan fingerprint density at radius 3 is 2.23 bits per heavy atom. The number of ketones is 1. The van der Waals surface area contributed by atoms with Gasteiger partial charge in [0.05, 0.1) is 24.1 Å². The second kappa shape index (κ2) is 7.51. The van der Waals surface area contributed by atoms with Crippen LogP contribution >= 0.6 is 0 Å². The molecule has 1 atom stereocenters. The highest BCUT2D eigenvalue weighted by Crippen LogP contribution is 2.49. The molecule has 1 unspecified atom stereocenters. The monoisotopic (exact) mass is 365 g/mol. The van der Waals surface area contributed by atoms with Gasteiger partial charge in [-0.1, -0.05) is 0 Å². The molecule has 0 bridgehead atoms. The Bertz CT molecular complexity index is 739. The topological polar surface area (TPSA) is 122 Å². The zero-order valence-electron chi connectivity index (χ0n) is 14.6. The van der Waals surface area contributed by atoms with E-state index in [0.717, 1.165) is 0 Å². The van der Waals surface area contributed by atoms with Crippen LogP contribution in [-0.4, -0.2) is 41.5 Å². The number of hydrogen-bond donors (Lipinski definition) is 0. The third-order valence-corrected chi connectivity index (χ3v) is 3.99. The second-order valence-electron chi connectivity index (χ2n) is 5.72. The molecular weight excluding hydrogens is 346 g/mol. The minimum absolute atomic E-state index is 0.0212. The lowest BCUT2D eigenvalue weighted by atomic mass is 9.80. The van der Waals surface area contributed by atoms with E-state index >= 15 is 0 Å². The van der Waals surface area contributed by atoms with Crippen molar-refractivity contribution >= 4 is 23.4 Å². The van der Waals surface area contributed by atoms with E-state index in [1.807, 2.05) is 0 Å².